The van der Waals surface area contributed by atoms with E-state index in [-0.39, 0.29) is 0 Å². The zero-order valence-electron chi connectivity index (χ0n) is 10.1. The second kappa shape index (κ2) is 3.91. The highest BCUT2D eigenvalue weighted by Crippen LogP contribution is 2.28. The van der Waals surface area contributed by atoms with Gasteiger partial charge in [0.05, 0.1) is 5.69 Å². The topological polar surface area (TPSA) is 43.8 Å². The molecule has 0 radical (unpaired) electrons. The molecular weight excluding hydrogens is 210 g/mol. The minimum Gasteiger partial charge on any atom is -0.399 e. The highest BCUT2D eigenvalue weighted by atomic mass is 15.1. The molecule has 1 aliphatic heterocycles. The van der Waals surface area contributed by atoms with Crippen LogP contribution in [0.25, 0.3) is 11.3 Å². The Balaban J connectivity index is 2.02. The quantitative estimate of drug-likeness (QED) is 0.761. The molecule has 1 aromatic heterocycles. The maximum Gasteiger partial charge on any atom is 0.109 e. The summed E-state index contributed by atoms with van der Waals surface area (Å²) in [6.45, 7) is 2.26. The van der Waals surface area contributed by atoms with Gasteiger partial charge in [-0.1, -0.05) is 12.1 Å². The van der Waals surface area contributed by atoms with Crippen LogP contribution in [0.4, 0.5) is 5.69 Å². The zero-order chi connectivity index (χ0) is 11.8. The molecule has 1 aliphatic rings. The van der Waals surface area contributed by atoms with Gasteiger partial charge in [0.15, 0.2) is 0 Å². The standard InChI is InChI=1S/C14H17N3/c1-10-3-2-4-14-16-13(9-17(10)14)11-5-7-12(15)8-6-11/h5-10H,2-4,15H2,1H3. The minimum absolute atomic E-state index is 0.578. The first-order valence-electron chi connectivity index (χ1n) is 6.18. The van der Waals surface area contributed by atoms with Crippen molar-refractivity contribution in [2.24, 2.45) is 0 Å². The number of fused-ring (bicyclic) bond motifs is 1. The molecule has 2 N–H and O–H groups in total. The monoisotopic (exact) mass is 227 g/mol. The van der Waals surface area contributed by atoms with Crippen molar-refractivity contribution in [1.29, 1.82) is 0 Å². The fourth-order valence-corrected chi connectivity index (χ4v) is 2.49. The highest BCUT2D eigenvalue weighted by Gasteiger charge is 2.18. The molecule has 0 spiro atoms. The summed E-state index contributed by atoms with van der Waals surface area (Å²) in [6.07, 6.45) is 5.77. The summed E-state index contributed by atoms with van der Waals surface area (Å²) in [5.74, 6) is 1.22. The van der Waals surface area contributed by atoms with Gasteiger partial charge < -0.3 is 10.3 Å². The third-order valence-electron chi connectivity index (χ3n) is 3.51. The van der Waals surface area contributed by atoms with E-state index in [0.29, 0.717) is 6.04 Å². The van der Waals surface area contributed by atoms with Gasteiger partial charge in [-0.25, -0.2) is 4.98 Å². The van der Waals surface area contributed by atoms with Crippen LogP contribution in [0, 0.1) is 0 Å². The third kappa shape index (κ3) is 1.82. The van der Waals surface area contributed by atoms with Gasteiger partial charge in [0.2, 0.25) is 0 Å². The molecule has 1 aromatic carbocycles. The Morgan fingerprint density at radius 3 is 2.76 bits per heavy atom. The number of imidazole rings is 1. The number of nitrogens with two attached hydrogens (primary N) is 1. The molecule has 3 nitrogen and oxygen atoms in total. The summed E-state index contributed by atoms with van der Waals surface area (Å²) < 4.78 is 2.31. The van der Waals surface area contributed by atoms with Crippen LogP contribution in [0.1, 0.15) is 31.6 Å². The minimum atomic E-state index is 0.578. The van der Waals surface area contributed by atoms with Crippen molar-refractivity contribution in [3.05, 3.63) is 36.3 Å². The molecule has 17 heavy (non-hydrogen) atoms. The second-order valence-electron chi connectivity index (χ2n) is 4.81. The first-order chi connectivity index (χ1) is 8.24. The summed E-state index contributed by atoms with van der Waals surface area (Å²) in [5, 5.41) is 0. The van der Waals surface area contributed by atoms with Crippen LogP contribution in [0.5, 0.6) is 0 Å². The van der Waals surface area contributed by atoms with E-state index in [1.165, 1.54) is 18.7 Å². The van der Waals surface area contributed by atoms with Gasteiger partial charge in [-0.15, -0.1) is 0 Å². The highest BCUT2D eigenvalue weighted by molar-refractivity contribution is 5.61. The Kier molecular flexibility index (Phi) is 2.39. The smallest absolute Gasteiger partial charge is 0.109 e. The fourth-order valence-electron chi connectivity index (χ4n) is 2.49. The van der Waals surface area contributed by atoms with Crippen molar-refractivity contribution in [3.8, 4) is 11.3 Å². The summed E-state index contributed by atoms with van der Waals surface area (Å²) in [5.41, 5.74) is 8.71. The Bertz CT molecular complexity index is 525. The van der Waals surface area contributed by atoms with Crippen molar-refractivity contribution < 1.29 is 0 Å². The van der Waals surface area contributed by atoms with Gasteiger partial charge in [0.1, 0.15) is 5.82 Å². The Morgan fingerprint density at radius 1 is 1.29 bits per heavy atom. The zero-order valence-corrected chi connectivity index (χ0v) is 10.1. The van der Waals surface area contributed by atoms with Gasteiger partial charge in [-0.3, -0.25) is 0 Å². The van der Waals surface area contributed by atoms with E-state index in [1.807, 2.05) is 24.3 Å². The van der Waals surface area contributed by atoms with Crippen molar-refractivity contribution in [2.45, 2.75) is 32.2 Å². The number of aryl methyl sites for hydroxylation is 1. The maximum atomic E-state index is 5.70. The Morgan fingerprint density at radius 2 is 2.06 bits per heavy atom. The summed E-state index contributed by atoms with van der Waals surface area (Å²) >= 11 is 0. The molecule has 0 saturated carbocycles. The number of aromatic nitrogens is 2. The van der Waals surface area contributed by atoms with E-state index in [0.717, 1.165) is 23.4 Å². The summed E-state index contributed by atoms with van der Waals surface area (Å²) in [6, 6.07) is 8.51. The van der Waals surface area contributed by atoms with Crippen LogP contribution in [0.3, 0.4) is 0 Å². The van der Waals surface area contributed by atoms with Crippen LogP contribution in [0.15, 0.2) is 30.5 Å². The SMILES string of the molecule is CC1CCCc2nc(-c3ccc(N)cc3)cn21. The molecule has 0 fully saturated rings. The molecule has 2 heterocycles. The first kappa shape index (κ1) is 10.4. The van der Waals surface area contributed by atoms with E-state index in [9.17, 15) is 0 Å². The predicted octanol–water partition coefficient (Wildman–Crippen LogP) is 3.03. The van der Waals surface area contributed by atoms with Crippen LogP contribution in [-0.2, 0) is 6.42 Å². The molecule has 88 valence electrons. The van der Waals surface area contributed by atoms with E-state index >= 15 is 0 Å². The molecule has 1 atom stereocenters. The first-order valence-corrected chi connectivity index (χ1v) is 6.18. The van der Waals surface area contributed by atoms with Crippen molar-refractivity contribution in [2.75, 3.05) is 5.73 Å². The Hall–Kier alpha value is -1.77. The van der Waals surface area contributed by atoms with Crippen LogP contribution >= 0.6 is 0 Å². The molecule has 2 aromatic rings. The van der Waals surface area contributed by atoms with E-state index in [4.69, 9.17) is 10.7 Å². The third-order valence-corrected chi connectivity index (χ3v) is 3.51. The van der Waals surface area contributed by atoms with Gasteiger partial charge in [-0.2, -0.15) is 0 Å². The molecule has 1 unspecified atom stereocenters. The van der Waals surface area contributed by atoms with Crippen LogP contribution in [0.2, 0.25) is 0 Å². The molecule has 0 saturated heterocycles. The lowest BCUT2D eigenvalue weighted by molar-refractivity contribution is 0.426. The number of hydrogen-bond acceptors (Lipinski definition) is 2. The molecule has 3 rings (SSSR count). The lowest BCUT2D eigenvalue weighted by Crippen LogP contribution is -2.14. The predicted molar refractivity (Wildman–Crippen MR) is 69.7 cm³/mol. The maximum absolute atomic E-state index is 5.70. The number of nitrogens with zero attached hydrogens (tertiary/aromatic N) is 2. The lowest BCUT2D eigenvalue weighted by atomic mass is 10.1. The van der Waals surface area contributed by atoms with Gasteiger partial charge in [-0.05, 0) is 31.9 Å². The van der Waals surface area contributed by atoms with Crippen molar-refractivity contribution >= 4 is 5.69 Å². The van der Waals surface area contributed by atoms with Gasteiger partial charge in [0, 0.05) is 29.9 Å². The van der Waals surface area contributed by atoms with Crippen LogP contribution in [-0.4, -0.2) is 9.55 Å². The second-order valence-corrected chi connectivity index (χ2v) is 4.81. The largest absolute Gasteiger partial charge is 0.399 e. The van der Waals surface area contributed by atoms with E-state index in [2.05, 4.69) is 17.7 Å². The Labute approximate surface area is 101 Å². The van der Waals surface area contributed by atoms with Crippen molar-refractivity contribution in [1.82, 2.24) is 9.55 Å². The average Bonchev–Trinajstić information content (AvgIpc) is 2.75. The molecule has 0 amide bonds. The fraction of sp³-hybridized carbons (Fsp3) is 0.357. The number of hydrogen-bond donors (Lipinski definition) is 1. The van der Waals surface area contributed by atoms with E-state index < -0.39 is 0 Å². The van der Waals surface area contributed by atoms with Gasteiger partial charge in [0.25, 0.3) is 0 Å². The number of anilines is 1. The molecular formula is C14H17N3. The summed E-state index contributed by atoms with van der Waals surface area (Å²) in [4.78, 5) is 4.72. The average molecular weight is 227 g/mol. The van der Waals surface area contributed by atoms with Crippen molar-refractivity contribution in [3.63, 3.8) is 0 Å². The number of rotatable bonds is 1. The number of benzene rings is 1. The molecule has 0 bridgehead atoms. The van der Waals surface area contributed by atoms with E-state index in [1.54, 1.807) is 0 Å². The molecule has 0 aliphatic carbocycles. The number of nitrogen functional groups attached to an aromatic ring is 1. The summed E-state index contributed by atoms with van der Waals surface area (Å²) in [7, 11) is 0. The molecule has 3 heteroatoms. The van der Waals surface area contributed by atoms with Gasteiger partial charge >= 0.3 is 0 Å². The lowest BCUT2D eigenvalue weighted by Gasteiger charge is -2.20. The van der Waals surface area contributed by atoms with Crippen LogP contribution < -0.4 is 5.73 Å². The normalized spacial score (nSPS) is 19.0.